The number of fused-ring (bicyclic) bond motifs is 5. The smallest absolute Gasteiger partial charge is 0.187 e. The standard InChI is InChI=1S/C41H70O13/c1-21(2)9-8-13-40(7,54-36-34(50)32(48)31(47)25(53-36)19-52-35-33(49)30(46)24(44)18-51-35)22-10-14-39(6)29(22)23(43)17-27-38(39,5)15-11-26-37(3,4)28(45)12-16-41(26,27)20-42/h9,22-36,42-50H,8,10-20H2,1-7H3/t22-,23+,24+,25+,26-,27-,28-,29-,30-,31+,32-,33+,34+,35-,36-,38+,39+,40-,41+/m0/s1. The predicted octanol–water partition coefficient (Wildman–Crippen LogP) is 1.76. The Balaban J connectivity index is 1.27. The monoisotopic (exact) mass is 770 g/mol. The van der Waals surface area contributed by atoms with Gasteiger partial charge in [0.25, 0.3) is 0 Å². The third-order valence-corrected chi connectivity index (χ3v) is 16.3. The largest absolute Gasteiger partial charge is 0.396 e. The second kappa shape index (κ2) is 15.4. The minimum Gasteiger partial charge on any atom is -0.396 e. The molecule has 2 aliphatic heterocycles. The third-order valence-electron chi connectivity index (χ3n) is 16.3. The van der Waals surface area contributed by atoms with E-state index in [0.29, 0.717) is 25.7 Å². The van der Waals surface area contributed by atoms with Gasteiger partial charge in [-0.25, -0.2) is 0 Å². The van der Waals surface area contributed by atoms with Crippen LogP contribution in [0.2, 0.25) is 0 Å². The minimum atomic E-state index is -1.65. The van der Waals surface area contributed by atoms with Gasteiger partial charge >= 0.3 is 0 Å². The Kier molecular flexibility index (Phi) is 12.2. The SMILES string of the molecule is CC(C)=CCC[C@](C)(O[C@@H]1O[C@H](CO[C@@H]2OC[C@@H](O)[C@H](O)[C@H]2O)[C@@H](O)[C@H](O)[C@H]1O)[C@H]1CC[C@]2(C)[C@@H]1[C@H](O)C[C@@H]1[C@@]3(CO)CC[C@H](O)C(C)(C)[C@@H]3CC[C@]12C. The number of ether oxygens (including phenoxy) is 4. The van der Waals surface area contributed by atoms with Gasteiger partial charge in [0.15, 0.2) is 12.6 Å². The maximum Gasteiger partial charge on any atom is 0.187 e. The Hall–Kier alpha value is -0.780. The van der Waals surface area contributed by atoms with Gasteiger partial charge in [0.05, 0.1) is 31.0 Å². The van der Waals surface area contributed by atoms with Crippen molar-refractivity contribution in [3.05, 3.63) is 11.6 Å². The molecule has 6 fully saturated rings. The van der Waals surface area contributed by atoms with E-state index < -0.39 is 78.5 Å². The average molecular weight is 771 g/mol. The summed E-state index contributed by atoms with van der Waals surface area (Å²) in [6.07, 6.45) is -5.59. The maximum absolute atomic E-state index is 12.4. The number of hydrogen-bond acceptors (Lipinski definition) is 13. The van der Waals surface area contributed by atoms with Crippen LogP contribution < -0.4 is 0 Å². The van der Waals surface area contributed by atoms with Gasteiger partial charge in [0.1, 0.15) is 42.7 Å². The van der Waals surface area contributed by atoms with Crippen LogP contribution in [0, 0.1) is 45.3 Å². The molecule has 0 spiro atoms. The van der Waals surface area contributed by atoms with E-state index in [1.54, 1.807) is 0 Å². The zero-order valence-electron chi connectivity index (χ0n) is 33.4. The third kappa shape index (κ3) is 6.86. The van der Waals surface area contributed by atoms with Crippen LogP contribution in [0.3, 0.4) is 0 Å². The van der Waals surface area contributed by atoms with E-state index in [2.05, 4.69) is 33.8 Å². The first-order chi connectivity index (χ1) is 25.2. The molecule has 54 heavy (non-hydrogen) atoms. The fraction of sp³-hybridized carbons (Fsp3) is 0.951. The zero-order valence-corrected chi connectivity index (χ0v) is 33.4. The molecule has 0 radical (unpaired) electrons. The lowest BCUT2D eigenvalue weighted by Gasteiger charge is -2.71. The lowest BCUT2D eigenvalue weighted by Crippen LogP contribution is -2.68. The summed E-state index contributed by atoms with van der Waals surface area (Å²) in [6, 6.07) is 0. The molecule has 9 N–H and O–H groups in total. The van der Waals surface area contributed by atoms with Crippen molar-refractivity contribution >= 4 is 0 Å². The molecule has 19 atom stereocenters. The average Bonchev–Trinajstić information content (AvgIpc) is 3.50. The molecule has 0 aromatic rings. The highest BCUT2D eigenvalue weighted by molar-refractivity contribution is 5.21. The summed E-state index contributed by atoms with van der Waals surface area (Å²) >= 11 is 0. The second-order valence-corrected chi connectivity index (χ2v) is 19.6. The molecule has 4 saturated carbocycles. The Morgan fingerprint density at radius 2 is 1.44 bits per heavy atom. The Morgan fingerprint density at radius 3 is 2.11 bits per heavy atom. The molecule has 2 heterocycles. The van der Waals surface area contributed by atoms with Crippen LogP contribution in [0.5, 0.6) is 0 Å². The summed E-state index contributed by atoms with van der Waals surface area (Å²) in [4.78, 5) is 0. The number of aliphatic hydroxyl groups excluding tert-OH is 9. The van der Waals surface area contributed by atoms with Crippen molar-refractivity contribution in [3.8, 4) is 0 Å². The molecule has 0 amide bonds. The Bertz CT molecular complexity index is 1340. The van der Waals surface area contributed by atoms with Gasteiger partial charge < -0.3 is 64.9 Å². The van der Waals surface area contributed by atoms with Crippen molar-refractivity contribution in [2.45, 2.75) is 179 Å². The van der Waals surface area contributed by atoms with E-state index in [1.165, 1.54) is 0 Å². The predicted molar refractivity (Wildman–Crippen MR) is 196 cm³/mol. The van der Waals surface area contributed by atoms with Crippen LogP contribution in [0.1, 0.15) is 106 Å². The van der Waals surface area contributed by atoms with Crippen LogP contribution in [0.15, 0.2) is 11.6 Å². The second-order valence-electron chi connectivity index (χ2n) is 19.6. The molecule has 6 aliphatic rings. The number of rotatable bonds is 10. The van der Waals surface area contributed by atoms with Crippen LogP contribution in [0.25, 0.3) is 0 Å². The Morgan fingerprint density at radius 1 is 0.778 bits per heavy atom. The molecule has 13 nitrogen and oxygen atoms in total. The van der Waals surface area contributed by atoms with E-state index in [1.807, 2.05) is 20.8 Å². The highest BCUT2D eigenvalue weighted by atomic mass is 16.7. The van der Waals surface area contributed by atoms with Gasteiger partial charge in [-0.3, -0.25) is 0 Å². The normalized spacial score (nSPS) is 51.4. The van der Waals surface area contributed by atoms with E-state index in [0.717, 1.165) is 37.7 Å². The molecule has 0 aromatic carbocycles. The van der Waals surface area contributed by atoms with Crippen LogP contribution >= 0.6 is 0 Å². The fourth-order valence-corrected chi connectivity index (χ4v) is 12.9. The van der Waals surface area contributed by atoms with Gasteiger partial charge in [-0.2, -0.15) is 0 Å². The van der Waals surface area contributed by atoms with E-state index in [9.17, 15) is 46.0 Å². The molecule has 13 heteroatoms. The summed E-state index contributed by atoms with van der Waals surface area (Å²) in [7, 11) is 0. The summed E-state index contributed by atoms with van der Waals surface area (Å²) in [5.41, 5.74) is -1.09. The first-order valence-corrected chi connectivity index (χ1v) is 20.4. The molecule has 6 rings (SSSR count). The van der Waals surface area contributed by atoms with Crippen molar-refractivity contribution < 1.29 is 64.9 Å². The van der Waals surface area contributed by atoms with Gasteiger partial charge in [0, 0.05) is 12.0 Å². The fourth-order valence-electron chi connectivity index (χ4n) is 12.9. The van der Waals surface area contributed by atoms with E-state index in [-0.39, 0.29) is 59.7 Å². The quantitative estimate of drug-likeness (QED) is 0.145. The lowest BCUT2D eigenvalue weighted by atomic mass is 9.34. The van der Waals surface area contributed by atoms with Crippen LogP contribution in [-0.4, -0.2) is 139 Å². The summed E-state index contributed by atoms with van der Waals surface area (Å²) in [5, 5.41) is 98.3. The van der Waals surface area contributed by atoms with Crippen LogP contribution in [0.4, 0.5) is 0 Å². The highest BCUT2D eigenvalue weighted by Gasteiger charge is 2.72. The van der Waals surface area contributed by atoms with Crippen molar-refractivity contribution in [3.63, 3.8) is 0 Å². The van der Waals surface area contributed by atoms with Crippen molar-refractivity contribution in [2.24, 2.45) is 45.3 Å². The molecule has 0 unspecified atom stereocenters. The summed E-state index contributed by atoms with van der Waals surface area (Å²) in [6.45, 7) is 14.4. The lowest BCUT2D eigenvalue weighted by molar-refractivity contribution is -0.345. The minimum absolute atomic E-state index is 0.0266. The number of aliphatic hydroxyl groups is 9. The van der Waals surface area contributed by atoms with E-state index in [4.69, 9.17) is 18.9 Å². The molecular weight excluding hydrogens is 700 g/mol. The van der Waals surface area contributed by atoms with E-state index >= 15 is 0 Å². The number of allylic oxidation sites excluding steroid dienone is 2. The molecule has 0 bridgehead atoms. The van der Waals surface area contributed by atoms with Crippen molar-refractivity contribution in [1.82, 2.24) is 0 Å². The maximum atomic E-state index is 12.4. The van der Waals surface area contributed by atoms with Gasteiger partial charge in [-0.15, -0.1) is 0 Å². The summed E-state index contributed by atoms with van der Waals surface area (Å²) < 4.78 is 24.0. The first-order valence-electron chi connectivity index (χ1n) is 20.4. The van der Waals surface area contributed by atoms with Crippen molar-refractivity contribution in [1.29, 1.82) is 0 Å². The molecular formula is C41H70O13. The molecule has 4 aliphatic carbocycles. The van der Waals surface area contributed by atoms with Crippen molar-refractivity contribution in [2.75, 3.05) is 19.8 Å². The van der Waals surface area contributed by atoms with Gasteiger partial charge in [-0.05, 0) is 118 Å². The van der Waals surface area contributed by atoms with Gasteiger partial charge in [0.2, 0.25) is 0 Å². The molecule has 0 aromatic heterocycles. The molecule has 312 valence electrons. The highest BCUT2D eigenvalue weighted by Crippen LogP contribution is 2.76. The zero-order chi connectivity index (χ0) is 39.8. The summed E-state index contributed by atoms with van der Waals surface area (Å²) in [5.74, 6) is -0.147. The Labute approximate surface area is 320 Å². The van der Waals surface area contributed by atoms with Gasteiger partial charge in [-0.1, -0.05) is 39.3 Å². The molecule has 2 saturated heterocycles. The van der Waals surface area contributed by atoms with Crippen LogP contribution in [-0.2, 0) is 18.9 Å². The number of hydrogen-bond donors (Lipinski definition) is 9. The first kappa shape index (κ1) is 42.8. The topological polar surface area (TPSA) is 219 Å².